The zero-order chi connectivity index (χ0) is 30.1. The summed E-state index contributed by atoms with van der Waals surface area (Å²) in [5, 5.41) is 0.977. The number of rotatable bonds is 7. The zero-order valence-corrected chi connectivity index (χ0v) is 24.3. The van der Waals surface area contributed by atoms with Gasteiger partial charge in [0.2, 0.25) is 0 Å². The monoisotopic (exact) mass is 571 g/mol. The molecule has 0 radical (unpaired) electrons. The van der Waals surface area contributed by atoms with Gasteiger partial charge in [-0.1, -0.05) is 86.1 Å². The summed E-state index contributed by atoms with van der Waals surface area (Å²) < 4.78 is 0. The van der Waals surface area contributed by atoms with Crippen molar-refractivity contribution in [2.75, 3.05) is 0 Å². The summed E-state index contributed by atoms with van der Waals surface area (Å²) in [7, 11) is 0. The first kappa shape index (κ1) is 27.9. The Hall–Kier alpha value is -5.24. The highest BCUT2D eigenvalue weighted by Gasteiger charge is 2.45. The van der Waals surface area contributed by atoms with Crippen LogP contribution in [0.5, 0.6) is 0 Å². The molecule has 43 heavy (non-hydrogen) atoms. The second-order valence-corrected chi connectivity index (χ2v) is 11.3. The van der Waals surface area contributed by atoms with Gasteiger partial charge in [0.1, 0.15) is 11.7 Å². The summed E-state index contributed by atoms with van der Waals surface area (Å²) in [4.78, 5) is 50.2. The van der Waals surface area contributed by atoms with Crippen molar-refractivity contribution in [2.45, 2.75) is 39.3 Å². The van der Waals surface area contributed by atoms with Crippen LogP contribution < -0.4 is 10.9 Å². The summed E-state index contributed by atoms with van der Waals surface area (Å²) in [5.41, 5.74) is 11.5. The smallest absolute Gasteiger partial charge is 0.288 e. The van der Waals surface area contributed by atoms with Gasteiger partial charge in [0.25, 0.3) is 17.7 Å². The van der Waals surface area contributed by atoms with E-state index in [4.69, 9.17) is 0 Å². The number of carbonyl (C=O) groups is 3. The lowest BCUT2D eigenvalue weighted by molar-refractivity contribution is -0.127. The Bertz CT molecular complexity index is 1810. The van der Waals surface area contributed by atoms with Crippen molar-refractivity contribution < 1.29 is 14.4 Å². The van der Waals surface area contributed by atoms with E-state index in [0.717, 1.165) is 38.9 Å². The molecule has 0 bridgehead atoms. The van der Waals surface area contributed by atoms with Gasteiger partial charge in [-0.05, 0) is 54.7 Å². The maximum atomic E-state index is 14.3. The van der Waals surface area contributed by atoms with Gasteiger partial charge in [-0.25, -0.2) is 0 Å². The third kappa shape index (κ3) is 5.28. The quantitative estimate of drug-likeness (QED) is 0.210. The number of carbonyl (C=O) groups excluding carboxylic acids is 3. The third-order valence-corrected chi connectivity index (χ3v) is 7.89. The highest BCUT2D eigenvalue weighted by molar-refractivity contribution is 6.04. The Morgan fingerprint density at radius 2 is 1.63 bits per heavy atom. The molecule has 8 heteroatoms. The van der Waals surface area contributed by atoms with E-state index in [1.54, 1.807) is 23.1 Å². The number of nitrogens with one attached hydrogen (secondary N) is 3. The molecule has 0 saturated carbocycles. The topological polar surface area (TPSA) is 107 Å². The molecule has 2 atom stereocenters. The first-order chi connectivity index (χ1) is 20.8. The zero-order valence-electron chi connectivity index (χ0n) is 24.3. The molecule has 2 aromatic heterocycles. The van der Waals surface area contributed by atoms with E-state index in [1.807, 2.05) is 69.3 Å². The molecule has 6 rings (SSSR count). The number of H-pyrrole nitrogens is 1. The van der Waals surface area contributed by atoms with Crippen molar-refractivity contribution in [3.05, 3.63) is 125 Å². The molecule has 3 heterocycles. The van der Waals surface area contributed by atoms with Gasteiger partial charge in [0.05, 0.1) is 11.7 Å². The first-order valence-electron chi connectivity index (χ1n) is 14.4. The molecular formula is C35H33N5O3. The normalized spacial score (nSPS) is 15.0. The van der Waals surface area contributed by atoms with E-state index < -0.39 is 23.9 Å². The van der Waals surface area contributed by atoms with Crippen LogP contribution in [0.4, 0.5) is 0 Å². The third-order valence-electron chi connectivity index (χ3n) is 7.89. The van der Waals surface area contributed by atoms with Gasteiger partial charge < -0.3 is 9.88 Å². The number of pyridine rings is 1. The minimum atomic E-state index is -0.867. The van der Waals surface area contributed by atoms with Gasteiger partial charge in [-0.2, -0.15) is 0 Å². The average Bonchev–Trinajstić information content (AvgIpc) is 3.54. The van der Waals surface area contributed by atoms with Gasteiger partial charge >= 0.3 is 0 Å². The number of benzene rings is 3. The van der Waals surface area contributed by atoms with Gasteiger partial charge in [-0.3, -0.25) is 30.2 Å². The Kier molecular flexibility index (Phi) is 7.50. The molecule has 0 fully saturated rings. The molecule has 5 aromatic rings. The Morgan fingerprint density at radius 1 is 0.907 bits per heavy atom. The maximum absolute atomic E-state index is 14.3. The second kappa shape index (κ2) is 11.6. The van der Waals surface area contributed by atoms with Crippen LogP contribution in [0.2, 0.25) is 0 Å². The molecule has 1 aliphatic heterocycles. The number of aryl methyl sites for hydroxylation is 1. The van der Waals surface area contributed by atoms with Crippen LogP contribution in [0.15, 0.2) is 97.2 Å². The Balaban J connectivity index is 1.47. The van der Waals surface area contributed by atoms with Crippen LogP contribution in [-0.2, 0) is 4.79 Å². The standard InChI is InChI=1S/C35H33N5O3/c1-21(2)20-29(34(42)39-38-33(41)28-14-8-9-19-36-28)40-32(24-10-4-5-11-25(24)35(40)43)30-26-12-6-7-13-27(26)37-31(30)23-17-15-22(3)16-18-23/h4-19,21,29,32,37H,20H2,1-3H3,(H,38,41)(H,39,42). The fourth-order valence-corrected chi connectivity index (χ4v) is 5.90. The maximum Gasteiger partial charge on any atom is 0.288 e. The first-order valence-corrected chi connectivity index (χ1v) is 14.4. The van der Waals surface area contributed by atoms with Crippen molar-refractivity contribution in [1.82, 2.24) is 25.7 Å². The number of aromatic nitrogens is 2. The number of hydrazine groups is 1. The number of hydrogen-bond donors (Lipinski definition) is 3. The van der Waals surface area contributed by atoms with E-state index in [-0.39, 0.29) is 17.5 Å². The van der Waals surface area contributed by atoms with Gasteiger partial charge in [0, 0.05) is 28.2 Å². The molecule has 0 spiro atoms. The predicted molar refractivity (Wildman–Crippen MR) is 166 cm³/mol. The summed E-state index contributed by atoms with van der Waals surface area (Å²) in [6.45, 7) is 6.07. The molecule has 2 unspecified atom stereocenters. The van der Waals surface area contributed by atoms with E-state index >= 15 is 0 Å². The molecule has 1 aliphatic rings. The van der Waals surface area contributed by atoms with E-state index in [1.165, 1.54) is 6.20 Å². The second-order valence-electron chi connectivity index (χ2n) is 11.3. The largest absolute Gasteiger partial charge is 0.354 e. The van der Waals surface area contributed by atoms with E-state index in [2.05, 4.69) is 45.1 Å². The van der Waals surface area contributed by atoms with Crippen molar-refractivity contribution in [3.8, 4) is 11.3 Å². The van der Waals surface area contributed by atoms with Crippen molar-refractivity contribution in [2.24, 2.45) is 5.92 Å². The number of nitrogens with zero attached hydrogens (tertiary/aromatic N) is 2. The summed E-state index contributed by atoms with van der Waals surface area (Å²) >= 11 is 0. The lowest BCUT2D eigenvalue weighted by atomic mass is 9.91. The molecule has 0 aliphatic carbocycles. The van der Waals surface area contributed by atoms with Crippen LogP contribution in [0, 0.1) is 12.8 Å². The minimum absolute atomic E-state index is 0.0824. The highest BCUT2D eigenvalue weighted by Crippen LogP contribution is 2.47. The van der Waals surface area contributed by atoms with Crippen molar-refractivity contribution in [3.63, 3.8) is 0 Å². The summed E-state index contributed by atoms with van der Waals surface area (Å²) in [5.74, 6) is -1.15. The predicted octanol–water partition coefficient (Wildman–Crippen LogP) is 5.96. The molecule has 3 amide bonds. The van der Waals surface area contributed by atoms with Gasteiger partial charge in [-0.15, -0.1) is 0 Å². The molecule has 3 N–H and O–H groups in total. The van der Waals surface area contributed by atoms with E-state index in [9.17, 15) is 14.4 Å². The van der Waals surface area contributed by atoms with Crippen LogP contribution >= 0.6 is 0 Å². The molecule has 3 aromatic carbocycles. The molecule has 8 nitrogen and oxygen atoms in total. The summed E-state index contributed by atoms with van der Waals surface area (Å²) in [6, 6.07) is 27.4. The van der Waals surface area contributed by atoms with Crippen LogP contribution in [0.1, 0.15) is 63.8 Å². The number of aromatic amines is 1. The minimum Gasteiger partial charge on any atom is -0.354 e. The molecule has 0 saturated heterocycles. The average molecular weight is 572 g/mol. The number of para-hydroxylation sites is 1. The lowest BCUT2D eigenvalue weighted by Gasteiger charge is -2.34. The fraction of sp³-hybridized carbons (Fsp3) is 0.200. The summed E-state index contributed by atoms with van der Waals surface area (Å²) in [6.07, 6.45) is 1.90. The fourth-order valence-electron chi connectivity index (χ4n) is 5.90. The van der Waals surface area contributed by atoms with Crippen LogP contribution in [0.25, 0.3) is 22.2 Å². The van der Waals surface area contributed by atoms with Crippen molar-refractivity contribution in [1.29, 1.82) is 0 Å². The molecule has 216 valence electrons. The Morgan fingerprint density at radius 3 is 2.37 bits per heavy atom. The molecular weight excluding hydrogens is 538 g/mol. The number of amides is 3. The van der Waals surface area contributed by atoms with Crippen molar-refractivity contribution >= 4 is 28.6 Å². The Labute approximate surface area is 250 Å². The van der Waals surface area contributed by atoms with Crippen LogP contribution in [-0.4, -0.2) is 38.6 Å². The highest BCUT2D eigenvalue weighted by atomic mass is 16.2. The number of fused-ring (bicyclic) bond motifs is 2. The number of hydrogen-bond acceptors (Lipinski definition) is 4. The van der Waals surface area contributed by atoms with Gasteiger partial charge in [0.15, 0.2) is 0 Å². The SMILES string of the molecule is Cc1ccc(-c2[nH]c3ccccc3c2C2c3ccccc3C(=O)N2C(CC(C)C)C(=O)NNC(=O)c2ccccn2)cc1. The van der Waals surface area contributed by atoms with E-state index in [0.29, 0.717) is 12.0 Å². The lowest BCUT2D eigenvalue weighted by Crippen LogP contribution is -2.54. The van der Waals surface area contributed by atoms with Crippen LogP contribution in [0.3, 0.4) is 0 Å².